The molecule has 0 bridgehead atoms. The van der Waals surface area contributed by atoms with Crippen LogP contribution in [-0.2, 0) is 0 Å². The van der Waals surface area contributed by atoms with E-state index >= 15 is 0 Å². The average Bonchev–Trinajstić information content (AvgIpc) is 2.40. The Labute approximate surface area is 102 Å². The van der Waals surface area contributed by atoms with Gasteiger partial charge in [-0.1, -0.05) is 0 Å². The van der Waals surface area contributed by atoms with Crippen LogP contribution in [-0.4, -0.2) is 21.0 Å². The SMILES string of the molecule is N#Cc1cnc(Oc2ccc(C(=O)O)cc2)cn1. The Morgan fingerprint density at radius 2 is 1.94 bits per heavy atom. The van der Waals surface area contributed by atoms with Crippen LogP contribution < -0.4 is 4.74 Å². The molecule has 18 heavy (non-hydrogen) atoms. The molecule has 6 heteroatoms. The highest BCUT2D eigenvalue weighted by Crippen LogP contribution is 2.18. The van der Waals surface area contributed by atoms with Gasteiger partial charge >= 0.3 is 5.97 Å². The van der Waals surface area contributed by atoms with E-state index in [1.807, 2.05) is 6.07 Å². The molecule has 0 saturated heterocycles. The van der Waals surface area contributed by atoms with Gasteiger partial charge in [-0.05, 0) is 24.3 Å². The molecule has 0 unspecified atom stereocenters. The minimum atomic E-state index is -1.00. The van der Waals surface area contributed by atoms with Gasteiger partial charge in [0.25, 0.3) is 0 Å². The number of aromatic carboxylic acids is 1. The van der Waals surface area contributed by atoms with Crippen molar-refractivity contribution in [3.63, 3.8) is 0 Å². The largest absolute Gasteiger partial charge is 0.478 e. The van der Waals surface area contributed by atoms with Crippen LogP contribution in [0.4, 0.5) is 0 Å². The number of rotatable bonds is 3. The van der Waals surface area contributed by atoms with Crippen molar-refractivity contribution in [3.05, 3.63) is 47.9 Å². The number of hydrogen-bond donors (Lipinski definition) is 1. The third-order valence-electron chi connectivity index (χ3n) is 2.07. The van der Waals surface area contributed by atoms with Crippen LogP contribution in [0, 0.1) is 11.3 Å². The van der Waals surface area contributed by atoms with Crippen LogP contribution >= 0.6 is 0 Å². The van der Waals surface area contributed by atoms with Crippen molar-refractivity contribution in [2.24, 2.45) is 0 Å². The molecule has 0 spiro atoms. The van der Waals surface area contributed by atoms with Crippen molar-refractivity contribution in [1.29, 1.82) is 5.26 Å². The molecule has 2 rings (SSSR count). The number of carboxylic acid groups (broad SMARTS) is 1. The second-order valence-corrected chi connectivity index (χ2v) is 3.28. The predicted octanol–water partition coefficient (Wildman–Crippen LogP) is 1.84. The number of aromatic nitrogens is 2. The average molecular weight is 241 g/mol. The summed E-state index contributed by atoms with van der Waals surface area (Å²) < 4.78 is 5.34. The molecule has 0 aliphatic carbocycles. The van der Waals surface area contributed by atoms with Gasteiger partial charge in [-0.15, -0.1) is 0 Å². The van der Waals surface area contributed by atoms with Gasteiger partial charge in [0.05, 0.1) is 18.0 Å². The lowest BCUT2D eigenvalue weighted by Crippen LogP contribution is -1.96. The molecule has 0 saturated carbocycles. The van der Waals surface area contributed by atoms with Crippen molar-refractivity contribution < 1.29 is 14.6 Å². The van der Waals surface area contributed by atoms with Crippen molar-refractivity contribution in [2.75, 3.05) is 0 Å². The summed E-state index contributed by atoms with van der Waals surface area (Å²) in [5.74, 6) is -0.323. The van der Waals surface area contributed by atoms with Gasteiger partial charge in [0.2, 0.25) is 5.88 Å². The molecule has 1 heterocycles. The summed E-state index contributed by atoms with van der Waals surface area (Å²) in [5.41, 5.74) is 0.372. The van der Waals surface area contributed by atoms with Crippen LogP contribution in [0.2, 0.25) is 0 Å². The first-order valence-corrected chi connectivity index (χ1v) is 4.92. The molecule has 0 radical (unpaired) electrons. The second kappa shape index (κ2) is 4.93. The van der Waals surface area contributed by atoms with E-state index in [0.29, 0.717) is 5.75 Å². The Morgan fingerprint density at radius 1 is 1.22 bits per heavy atom. The van der Waals surface area contributed by atoms with Gasteiger partial charge in [0.15, 0.2) is 5.69 Å². The minimum absolute atomic E-state index is 0.174. The molecule has 1 aromatic carbocycles. The standard InChI is InChI=1S/C12H7N3O3/c13-5-9-6-15-11(7-14-9)18-10-3-1-8(2-4-10)12(16)17/h1-4,6-7H,(H,16,17). The first-order valence-electron chi connectivity index (χ1n) is 4.92. The van der Waals surface area contributed by atoms with Crippen molar-refractivity contribution in [3.8, 4) is 17.7 Å². The molecule has 0 fully saturated rings. The summed E-state index contributed by atoms with van der Waals surface area (Å²) in [6.45, 7) is 0. The highest BCUT2D eigenvalue weighted by molar-refractivity contribution is 5.87. The highest BCUT2D eigenvalue weighted by atomic mass is 16.5. The van der Waals surface area contributed by atoms with E-state index in [1.54, 1.807) is 0 Å². The fourth-order valence-electron chi connectivity index (χ4n) is 1.21. The first kappa shape index (κ1) is 11.5. The zero-order valence-corrected chi connectivity index (χ0v) is 9.07. The molecule has 88 valence electrons. The summed E-state index contributed by atoms with van der Waals surface area (Å²) in [6, 6.07) is 7.73. The fourth-order valence-corrected chi connectivity index (χ4v) is 1.21. The quantitative estimate of drug-likeness (QED) is 0.880. The maximum Gasteiger partial charge on any atom is 0.335 e. The molecule has 0 aliphatic heterocycles. The van der Waals surface area contributed by atoms with E-state index in [4.69, 9.17) is 15.1 Å². The Hall–Kier alpha value is -2.94. The third kappa shape index (κ3) is 2.59. The number of carbonyl (C=O) groups is 1. The number of nitriles is 1. The summed E-state index contributed by atoms with van der Waals surface area (Å²) in [4.78, 5) is 18.3. The van der Waals surface area contributed by atoms with Gasteiger partial charge in [-0.3, -0.25) is 0 Å². The molecule has 6 nitrogen and oxygen atoms in total. The minimum Gasteiger partial charge on any atom is -0.478 e. The monoisotopic (exact) mass is 241 g/mol. The normalized spacial score (nSPS) is 9.50. The summed E-state index contributed by atoms with van der Waals surface area (Å²) in [5, 5.41) is 17.3. The number of benzene rings is 1. The molecule has 0 aliphatic rings. The number of nitrogens with zero attached hydrogens (tertiary/aromatic N) is 3. The maximum atomic E-state index is 10.6. The Bertz CT molecular complexity index is 600. The van der Waals surface area contributed by atoms with E-state index in [-0.39, 0.29) is 17.1 Å². The Morgan fingerprint density at radius 3 is 2.44 bits per heavy atom. The van der Waals surface area contributed by atoms with E-state index < -0.39 is 5.97 Å². The molecule has 1 N–H and O–H groups in total. The van der Waals surface area contributed by atoms with Gasteiger partial charge in [0, 0.05) is 0 Å². The van der Waals surface area contributed by atoms with E-state index in [2.05, 4.69) is 9.97 Å². The Balaban J connectivity index is 2.13. The van der Waals surface area contributed by atoms with Crippen LogP contribution in [0.5, 0.6) is 11.6 Å². The van der Waals surface area contributed by atoms with Crippen LogP contribution in [0.25, 0.3) is 0 Å². The number of hydrogen-bond acceptors (Lipinski definition) is 5. The molecule has 0 atom stereocenters. The first-order chi connectivity index (χ1) is 8.69. The topological polar surface area (TPSA) is 96.1 Å². The van der Waals surface area contributed by atoms with E-state index in [0.717, 1.165) is 0 Å². The molecular formula is C12H7N3O3. The van der Waals surface area contributed by atoms with Gasteiger partial charge in [-0.2, -0.15) is 5.26 Å². The predicted molar refractivity (Wildman–Crippen MR) is 60.2 cm³/mol. The van der Waals surface area contributed by atoms with Crippen LogP contribution in [0.15, 0.2) is 36.7 Å². The third-order valence-corrected chi connectivity index (χ3v) is 2.07. The number of ether oxygens (including phenoxy) is 1. The van der Waals surface area contributed by atoms with Crippen LogP contribution in [0.3, 0.4) is 0 Å². The van der Waals surface area contributed by atoms with Gasteiger partial charge < -0.3 is 9.84 Å². The van der Waals surface area contributed by atoms with E-state index in [9.17, 15) is 4.79 Å². The highest BCUT2D eigenvalue weighted by Gasteiger charge is 2.04. The molecule has 0 amide bonds. The lowest BCUT2D eigenvalue weighted by Gasteiger charge is -2.03. The second-order valence-electron chi connectivity index (χ2n) is 3.28. The molecular weight excluding hydrogens is 234 g/mol. The number of carboxylic acids is 1. The molecule has 2 aromatic rings. The summed E-state index contributed by atoms with van der Waals surface area (Å²) in [7, 11) is 0. The lowest BCUT2D eigenvalue weighted by atomic mass is 10.2. The zero-order valence-electron chi connectivity index (χ0n) is 9.07. The van der Waals surface area contributed by atoms with Crippen molar-refractivity contribution >= 4 is 5.97 Å². The summed E-state index contributed by atoms with van der Waals surface area (Å²) >= 11 is 0. The van der Waals surface area contributed by atoms with Crippen molar-refractivity contribution in [2.45, 2.75) is 0 Å². The van der Waals surface area contributed by atoms with Crippen LogP contribution in [0.1, 0.15) is 16.1 Å². The zero-order chi connectivity index (χ0) is 13.0. The Kier molecular flexibility index (Phi) is 3.16. The molecule has 1 aromatic heterocycles. The smallest absolute Gasteiger partial charge is 0.335 e. The van der Waals surface area contributed by atoms with Crippen molar-refractivity contribution in [1.82, 2.24) is 9.97 Å². The fraction of sp³-hybridized carbons (Fsp3) is 0. The van der Waals surface area contributed by atoms with Gasteiger partial charge in [0.1, 0.15) is 11.8 Å². The van der Waals surface area contributed by atoms with Gasteiger partial charge in [-0.25, -0.2) is 14.8 Å². The lowest BCUT2D eigenvalue weighted by molar-refractivity contribution is 0.0697. The summed E-state index contributed by atoms with van der Waals surface area (Å²) in [6.07, 6.45) is 2.62. The van der Waals surface area contributed by atoms with E-state index in [1.165, 1.54) is 36.7 Å². The maximum absolute atomic E-state index is 10.6.